The Morgan fingerprint density at radius 2 is 1.71 bits per heavy atom. The number of hydrogen-bond donors (Lipinski definition) is 1. The molecular formula is C23H28ClN3O6S. The predicted octanol–water partition coefficient (Wildman–Crippen LogP) is 3.06. The molecular weight excluding hydrogens is 482 g/mol. The molecule has 11 heteroatoms. The topological polar surface area (TPSA) is 105 Å². The molecule has 0 unspecified atom stereocenters. The van der Waals surface area contributed by atoms with Gasteiger partial charge in [-0.25, -0.2) is 17.9 Å². The first-order valence-corrected chi connectivity index (χ1v) is 12.8. The molecule has 2 amide bonds. The first-order chi connectivity index (χ1) is 16.2. The molecule has 0 saturated carbocycles. The summed E-state index contributed by atoms with van der Waals surface area (Å²) in [5.41, 5.74) is 0.832. The van der Waals surface area contributed by atoms with Crippen LogP contribution in [0.3, 0.4) is 0 Å². The fourth-order valence-electron chi connectivity index (χ4n) is 3.46. The average molecular weight is 510 g/mol. The molecule has 1 aliphatic rings. The molecule has 9 nitrogen and oxygen atoms in total. The number of piperazine rings is 1. The summed E-state index contributed by atoms with van der Waals surface area (Å²) in [7, 11) is -3.82. The number of carbonyl (C=O) groups is 2. The van der Waals surface area contributed by atoms with Gasteiger partial charge in [0.25, 0.3) is 5.91 Å². The number of nitrogens with one attached hydrogen (secondary N) is 1. The highest BCUT2D eigenvalue weighted by atomic mass is 35.5. The molecule has 0 aliphatic carbocycles. The van der Waals surface area contributed by atoms with Crippen LogP contribution in [0.4, 0.5) is 4.79 Å². The second kappa shape index (κ2) is 11.5. The van der Waals surface area contributed by atoms with E-state index in [0.717, 1.165) is 5.56 Å². The van der Waals surface area contributed by atoms with Crippen molar-refractivity contribution in [1.82, 2.24) is 14.5 Å². The lowest BCUT2D eigenvalue weighted by atomic mass is 10.1. The van der Waals surface area contributed by atoms with Crippen LogP contribution in [0.2, 0.25) is 5.02 Å². The Hall–Kier alpha value is -2.82. The minimum atomic E-state index is -3.82. The van der Waals surface area contributed by atoms with Crippen molar-refractivity contribution in [2.24, 2.45) is 0 Å². The summed E-state index contributed by atoms with van der Waals surface area (Å²) >= 11 is 6.24. The van der Waals surface area contributed by atoms with Gasteiger partial charge in [-0.3, -0.25) is 4.79 Å². The van der Waals surface area contributed by atoms with E-state index >= 15 is 0 Å². The van der Waals surface area contributed by atoms with Gasteiger partial charge in [-0.1, -0.05) is 41.9 Å². The summed E-state index contributed by atoms with van der Waals surface area (Å²) in [6.07, 6.45) is -0.389. The number of carbonyl (C=O) groups excluding carboxylic acids is 2. The van der Waals surface area contributed by atoms with Crippen molar-refractivity contribution in [2.45, 2.75) is 24.8 Å². The molecule has 2 aromatic carbocycles. The lowest BCUT2D eigenvalue weighted by Crippen LogP contribution is -2.51. The van der Waals surface area contributed by atoms with Crippen molar-refractivity contribution in [3.8, 4) is 5.75 Å². The number of benzene rings is 2. The monoisotopic (exact) mass is 509 g/mol. The number of nitrogens with zero attached hydrogens (tertiary/aromatic N) is 2. The molecule has 0 spiro atoms. The van der Waals surface area contributed by atoms with Gasteiger partial charge < -0.3 is 19.3 Å². The molecule has 1 atom stereocenters. The summed E-state index contributed by atoms with van der Waals surface area (Å²) in [6.45, 7) is 5.05. The number of hydrogen-bond acceptors (Lipinski definition) is 6. The number of ether oxygens (including phenoxy) is 2. The first-order valence-electron chi connectivity index (χ1n) is 10.9. The van der Waals surface area contributed by atoms with E-state index in [2.05, 4.69) is 4.72 Å². The summed E-state index contributed by atoms with van der Waals surface area (Å²) in [5, 5.41) is 0.0789. The minimum Gasteiger partial charge on any atom is -0.482 e. The van der Waals surface area contributed by atoms with Crippen LogP contribution in [-0.2, 0) is 19.6 Å². The summed E-state index contributed by atoms with van der Waals surface area (Å²) in [6, 6.07) is 12.9. The van der Waals surface area contributed by atoms with Gasteiger partial charge in [0.2, 0.25) is 10.0 Å². The van der Waals surface area contributed by atoms with E-state index in [9.17, 15) is 18.0 Å². The summed E-state index contributed by atoms with van der Waals surface area (Å²) in [5.74, 6) is -0.0511. The molecule has 1 heterocycles. The molecule has 1 N–H and O–H groups in total. The quantitative estimate of drug-likeness (QED) is 0.586. The smallest absolute Gasteiger partial charge is 0.409 e. The normalized spacial score (nSPS) is 15.0. The number of rotatable bonds is 8. The Labute approximate surface area is 204 Å². The van der Waals surface area contributed by atoms with E-state index in [1.165, 1.54) is 18.2 Å². The Bertz CT molecular complexity index is 1100. The predicted molar refractivity (Wildman–Crippen MR) is 127 cm³/mol. The standard InChI is InChI=1S/C23H28ClN3O6S/c1-3-32-23(29)27-13-11-26(12-14-27)22(28)16-33-21-10-9-19(15-20(21)24)34(30,31)25-17(2)18-7-5-4-6-8-18/h4-10,15,17,25H,3,11-14,16H2,1-2H3/t17-/m0/s1. The Balaban J connectivity index is 1.55. The van der Waals surface area contributed by atoms with Crippen LogP contribution >= 0.6 is 11.6 Å². The Morgan fingerprint density at radius 3 is 2.32 bits per heavy atom. The van der Waals surface area contributed by atoms with Crippen LogP contribution in [0.1, 0.15) is 25.5 Å². The largest absolute Gasteiger partial charge is 0.482 e. The van der Waals surface area contributed by atoms with Crippen molar-refractivity contribution in [3.05, 3.63) is 59.1 Å². The van der Waals surface area contributed by atoms with Crippen molar-refractivity contribution in [3.63, 3.8) is 0 Å². The van der Waals surface area contributed by atoms with Crippen LogP contribution in [0, 0.1) is 0 Å². The minimum absolute atomic E-state index is 0.00551. The zero-order valence-corrected chi connectivity index (χ0v) is 20.6. The molecule has 34 heavy (non-hydrogen) atoms. The van der Waals surface area contributed by atoms with E-state index in [-0.39, 0.29) is 34.3 Å². The number of sulfonamides is 1. The van der Waals surface area contributed by atoms with Crippen molar-refractivity contribution < 1.29 is 27.5 Å². The average Bonchev–Trinajstić information content (AvgIpc) is 2.83. The van der Waals surface area contributed by atoms with Crippen molar-refractivity contribution >= 4 is 33.6 Å². The number of halogens is 1. The molecule has 0 bridgehead atoms. The van der Waals surface area contributed by atoms with Gasteiger partial charge >= 0.3 is 6.09 Å². The van der Waals surface area contributed by atoms with Gasteiger partial charge in [0.1, 0.15) is 5.75 Å². The van der Waals surface area contributed by atoms with Gasteiger partial charge in [0.15, 0.2) is 6.61 Å². The molecule has 1 saturated heterocycles. The van der Waals surface area contributed by atoms with E-state index in [4.69, 9.17) is 21.1 Å². The van der Waals surface area contributed by atoms with Gasteiger partial charge in [0.05, 0.1) is 16.5 Å². The maximum Gasteiger partial charge on any atom is 0.409 e. The van der Waals surface area contributed by atoms with E-state index in [1.807, 2.05) is 30.3 Å². The first kappa shape index (κ1) is 25.8. The van der Waals surface area contributed by atoms with Crippen LogP contribution in [0.25, 0.3) is 0 Å². The van der Waals surface area contributed by atoms with Gasteiger partial charge in [0, 0.05) is 32.2 Å². The molecule has 2 aromatic rings. The van der Waals surface area contributed by atoms with Gasteiger partial charge in [-0.15, -0.1) is 0 Å². The molecule has 3 rings (SSSR count). The van der Waals surface area contributed by atoms with Crippen LogP contribution in [0.15, 0.2) is 53.4 Å². The SMILES string of the molecule is CCOC(=O)N1CCN(C(=O)COc2ccc(S(=O)(=O)N[C@@H](C)c3ccccc3)cc2Cl)CC1. The fourth-order valence-corrected chi connectivity index (χ4v) is 5.02. The maximum atomic E-state index is 12.8. The third-order valence-electron chi connectivity index (χ3n) is 5.35. The van der Waals surface area contributed by atoms with Crippen LogP contribution in [-0.4, -0.2) is 69.6 Å². The zero-order chi connectivity index (χ0) is 24.7. The molecule has 1 aliphatic heterocycles. The fraction of sp³-hybridized carbons (Fsp3) is 0.391. The summed E-state index contributed by atoms with van der Waals surface area (Å²) < 4.78 is 38.7. The van der Waals surface area contributed by atoms with Gasteiger partial charge in [-0.2, -0.15) is 0 Å². The maximum absolute atomic E-state index is 12.8. The second-order valence-corrected chi connectivity index (χ2v) is 9.82. The molecule has 184 valence electrons. The highest BCUT2D eigenvalue weighted by Gasteiger charge is 2.25. The van der Waals surface area contributed by atoms with Crippen LogP contribution in [0.5, 0.6) is 5.75 Å². The van der Waals surface area contributed by atoms with E-state index < -0.39 is 16.1 Å². The zero-order valence-electron chi connectivity index (χ0n) is 19.1. The highest BCUT2D eigenvalue weighted by molar-refractivity contribution is 7.89. The molecule has 0 aromatic heterocycles. The molecule has 1 fully saturated rings. The van der Waals surface area contributed by atoms with E-state index in [0.29, 0.717) is 32.8 Å². The van der Waals surface area contributed by atoms with E-state index in [1.54, 1.807) is 23.6 Å². The van der Waals surface area contributed by atoms with Crippen molar-refractivity contribution in [1.29, 1.82) is 0 Å². The Kier molecular flexibility index (Phi) is 8.76. The van der Waals surface area contributed by atoms with Crippen LogP contribution < -0.4 is 9.46 Å². The Morgan fingerprint density at radius 1 is 1.06 bits per heavy atom. The lowest BCUT2D eigenvalue weighted by Gasteiger charge is -2.34. The third kappa shape index (κ3) is 6.62. The van der Waals surface area contributed by atoms with Crippen molar-refractivity contribution in [2.75, 3.05) is 39.4 Å². The highest BCUT2D eigenvalue weighted by Crippen LogP contribution is 2.28. The molecule has 0 radical (unpaired) electrons. The lowest BCUT2D eigenvalue weighted by molar-refractivity contribution is -0.134. The number of amides is 2. The second-order valence-electron chi connectivity index (χ2n) is 7.70. The third-order valence-corrected chi connectivity index (χ3v) is 7.19. The summed E-state index contributed by atoms with van der Waals surface area (Å²) in [4.78, 5) is 27.4. The van der Waals surface area contributed by atoms with Gasteiger partial charge in [-0.05, 0) is 37.6 Å².